The molecule has 0 radical (unpaired) electrons. The molecule has 8 heteroatoms. The summed E-state index contributed by atoms with van der Waals surface area (Å²) in [5.41, 5.74) is 0. The molecular formula is C15H24N2O4S2. The van der Waals surface area contributed by atoms with Crippen LogP contribution in [0, 0.1) is 5.92 Å². The van der Waals surface area contributed by atoms with Gasteiger partial charge in [0.15, 0.2) is 0 Å². The molecule has 1 N–H and O–H groups in total. The molecule has 0 aliphatic heterocycles. The van der Waals surface area contributed by atoms with E-state index in [1.165, 1.54) is 28.6 Å². The van der Waals surface area contributed by atoms with E-state index < -0.39 is 20.0 Å². The number of nitrogens with zero attached hydrogens (tertiary/aromatic N) is 1. The molecule has 0 unspecified atom stereocenters. The summed E-state index contributed by atoms with van der Waals surface area (Å²) in [5, 5.41) is 0. The van der Waals surface area contributed by atoms with Gasteiger partial charge in [0.05, 0.1) is 9.79 Å². The largest absolute Gasteiger partial charge is 0.243 e. The molecule has 0 saturated heterocycles. The first-order valence-electron chi connectivity index (χ1n) is 7.85. The topological polar surface area (TPSA) is 83.6 Å². The first-order valence-corrected chi connectivity index (χ1v) is 10.8. The summed E-state index contributed by atoms with van der Waals surface area (Å²) in [6.45, 7) is 6.14. The number of sulfonamides is 2. The van der Waals surface area contributed by atoms with Crippen molar-refractivity contribution in [1.82, 2.24) is 9.03 Å². The van der Waals surface area contributed by atoms with Gasteiger partial charge in [-0.3, -0.25) is 0 Å². The van der Waals surface area contributed by atoms with Gasteiger partial charge in [-0.05, 0) is 49.9 Å². The van der Waals surface area contributed by atoms with Gasteiger partial charge in [0.25, 0.3) is 0 Å². The summed E-state index contributed by atoms with van der Waals surface area (Å²) in [6.07, 6.45) is 2.09. The number of hydrogen-bond acceptors (Lipinski definition) is 4. The molecule has 0 heterocycles. The molecule has 1 fully saturated rings. The fourth-order valence-corrected chi connectivity index (χ4v) is 5.28. The van der Waals surface area contributed by atoms with Crippen molar-refractivity contribution in [3.63, 3.8) is 0 Å². The lowest BCUT2D eigenvalue weighted by molar-refractivity contribution is 0.445. The number of nitrogens with one attached hydrogen (secondary N) is 1. The van der Waals surface area contributed by atoms with Crippen molar-refractivity contribution in [3.8, 4) is 0 Å². The van der Waals surface area contributed by atoms with E-state index in [1.807, 2.05) is 6.92 Å². The van der Waals surface area contributed by atoms with Crippen LogP contribution in [0.2, 0.25) is 0 Å². The summed E-state index contributed by atoms with van der Waals surface area (Å²) in [4.78, 5) is 0.193. The SMILES string of the molecule is CCN(CC)S(=O)(=O)c1ccc(S(=O)(=O)N[C@@H](C)C2CC2)cc1. The van der Waals surface area contributed by atoms with Crippen LogP contribution >= 0.6 is 0 Å². The molecule has 1 aliphatic carbocycles. The average Bonchev–Trinajstić information content (AvgIpc) is 3.32. The molecule has 1 aromatic rings. The van der Waals surface area contributed by atoms with E-state index >= 15 is 0 Å². The number of hydrogen-bond donors (Lipinski definition) is 1. The third-order valence-electron chi connectivity index (χ3n) is 4.15. The van der Waals surface area contributed by atoms with Crippen molar-refractivity contribution in [2.45, 2.75) is 49.4 Å². The molecule has 1 saturated carbocycles. The highest BCUT2D eigenvalue weighted by molar-refractivity contribution is 7.89. The Morgan fingerprint density at radius 2 is 1.52 bits per heavy atom. The van der Waals surface area contributed by atoms with Crippen LogP contribution in [0.5, 0.6) is 0 Å². The Labute approximate surface area is 139 Å². The van der Waals surface area contributed by atoms with Gasteiger partial charge >= 0.3 is 0 Å². The highest BCUT2D eigenvalue weighted by Gasteiger charge is 2.31. The zero-order valence-electron chi connectivity index (χ0n) is 13.7. The maximum Gasteiger partial charge on any atom is 0.243 e. The second-order valence-corrected chi connectivity index (χ2v) is 9.46. The Bertz CT molecular complexity index is 734. The molecule has 0 amide bonds. The van der Waals surface area contributed by atoms with Crippen LogP contribution in [-0.2, 0) is 20.0 Å². The zero-order valence-corrected chi connectivity index (χ0v) is 15.3. The predicted molar refractivity (Wildman–Crippen MR) is 89.1 cm³/mol. The minimum absolute atomic E-state index is 0.0866. The van der Waals surface area contributed by atoms with Crippen molar-refractivity contribution >= 4 is 20.0 Å². The second kappa shape index (κ2) is 6.88. The monoisotopic (exact) mass is 360 g/mol. The van der Waals surface area contributed by atoms with Crippen LogP contribution in [0.1, 0.15) is 33.6 Å². The quantitative estimate of drug-likeness (QED) is 0.766. The van der Waals surface area contributed by atoms with Gasteiger partial charge in [-0.2, -0.15) is 4.31 Å². The van der Waals surface area contributed by atoms with E-state index in [9.17, 15) is 16.8 Å². The Morgan fingerprint density at radius 3 is 1.96 bits per heavy atom. The van der Waals surface area contributed by atoms with E-state index in [1.54, 1.807) is 13.8 Å². The second-order valence-electron chi connectivity index (χ2n) is 5.81. The molecule has 6 nitrogen and oxygen atoms in total. The molecular weight excluding hydrogens is 336 g/mol. The van der Waals surface area contributed by atoms with E-state index in [0.29, 0.717) is 19.0 Å². The van der Waals surface area contributed by atoms with Crippen molar-refractivity contribution in [1.29, 1.82) is 0 Å². The molecule has 0 bridgehead atoms. The van der Waals surface area contributed by atoms with Gasteiger partial charge in [0, 0.05) is 19.1 Å². The Balaban J connectivity index is 2.21. The number of benzene rings is 1. The summed E-state index contributed by atoms with van der Waals surface area (Å²) >= 11 is 0. The van der Waals surface area contributed by atoms with E-state index in [-0.39, 0.29) is 15.8 Å². The minimum Gasteiger partial charge on any atom is -0.208 e. The number of rotatable bonds is 8. The highest BCUT2D eigenvalue weighted by Crippen LogP contribution is 2.33. The van der Waals surface area contributed by atoms with Crippen molar-refractivity contribution < 1.29 is 16.8 Å². The van der Waals surface area contributed by atoms with Crippen LogP contribution in [0.3, 0.4) is 0 Å². The van der Waals surface area contributed by atoms with Crippen molar-refractivity contribution in [2.75, 3.05) is 13.1 Å². The minimum atomic E-state index is -3.62. The van der Waals surface area contributed by atoms with Gasteiger partial charge in [0.2, 0.25) is 20.0 Å². The zero-order chi connectivity index (χ0) is 17.3. The smallest absolute Gasteiger partial charge is 0.208 e. The summed E-state index contributed by atoms with van der Waals surface area (Å²) in [5.74, 6) is 0.409. The summed E-state index contributed by atoms with van der Waals surface area (Å²) in [7, 11) is -7.19. The Morgan fingerprint density at radius 1 is 1.04 bits per heavy atom. The van der Waals surface area contributed by atoms with Crippen LogP contribution in [0.25, 0.3) is 0 Å². The lowest BCUT2D eigenvalue weighted by atomic mass is 10.2. The Kier molecular flexibility index (Phi) is 5.50. The lowest BCUT2D eigenvalue weighted by Gasteiger charge is -2.18. The molecule has 23 heavy (non-hydrogen) atoms. The summed E-state index contributed by atoms with van der Waals surface area (Å²) < 4.78 is 53.4. The first-order chi connectivity index (χ1) is 10.7. The molecule has 0 aromatic heterocycles. The normalized spacial score (nSPS) is 17.4. The fourth-order valence-electron chi connectivity index (χ4n) is 2.51. The van der Waals surface area contributed by atoms with Gasteiger partial charge in [0.1, 0.15) is 0 Å². The predicted octanol–water partition coefficient (Wildman–Crippen LogP) is 1.79. The molecule has 0 spiro atoms. The maximum atomic E-state index is 12.4. The Hall–Kier alpha value is -0.960. The average molecular weight is 361 g/mol. The molecule has 2 rings (SSSR count). The van der Waals surface area contributed by atoms with E-state index in [0.717, 1.165) is 12.8 Å². The van der Waals surface area contributed by atoms with Crippen LogP contribution in [0.15, 0.2) is 34.1 Å². The van der Waals surface area contributed by atoms with E-state index in [2.05, 4.69) is 4.72 Å². The van der Waals surface area contributed by atoms with Crippen molar-refractivity contribution in [2.24, 2.45) is 5.92 Å². The lowest BCUT2D eigenvalue weighted by Crippen LogP contribution is -2.34. The van der Waals surface area contributed by atoms with Crippen molar-refractivity contribution in [3.05, 3.63) is 24.3 Å². The van der Waals surface area contributed by atoms with Gasteiger partial charge in [-0.1, -0.05) is 13.8 Å². The first kappa shape index (κ1) is 18.4. The maximum absolute atomic E-state index is 12.4. The van der Waals surface area contributed by atoms with Gasteiger partial charge in [-0.25, -0.2) is 21.6 Å². The third-order valence-corrected chi connectivity index (χ3v) is 7.79. The van der Waals surface area contributed by atoms with Crippen LogP contribution in [-0.4, -0.2) is 40.3 Å². The molecule has 1 aliphatic rings. The van der Waals surface area contributed by atoms with E-state index in [4.69, 9.17) is 0 Å². The van der Waals surface area contributed by atoms with Gasteiger partial charge in [-0.15, -0.1) is 0 Å². The van der Waals surface area contributed by atoms with Crippen LogP contribution in [0.4, 0.5) is 0 Å². The summed E-state index contributed by atoms with van der Waals surface area (Å²) in [6, 6.07) is 5.30. The third kappa shape index (κ3) is 4.12. The van der Waals surface area contributed by atoms with Gasteiger partial charge < -0.3 is 0 Å². The fraction of sp³-hybridized carbons (Fsp3) is 0.600. The molecule has 1 atom stereocenters. The standard InChI is InChI=1S/C15H24N2O4S2/c1-4-17(5-2)23(20,21)15-10-8-14(9-11-15)22(18,19)16-12(3)13-6-7-13/h8-13,16H,4-7H2,1-3H3/t12-/m0/s1. The highest BCUT2D eigenvalue weighted by atomic mass is 32.2. The molecule has 130 valence electrons. The molecule has 1 aromatic carbocycles. The van der Waals surface area contributed by atoms with Crippen LogP contribution < -0.4 is 4.72 Å².